The van der Waals surface area contributed by atoms with Crippen LogP contribution in [0.3, 0.4) is 0 Å². The van der Waals surface area contributed by atoms with Gasteiger partial charge in [-0.05, 0) is 36.4 Å². The van der Waals surface area contributed by atoms with E-state index < -0.39 is 17.1 Å². The summed E-state index contributed by atoms with van der Waals surface area (Å²) in [5, 5.41) is 19.9. The van der Waals surface area contributed by atoms with Gasteiger partial charge in [0.15, 0.2) is 0 Å². The number of nitrogens with zero attached hydrogens (tertiary/aromatic N) is 3. The number of hydrogen-bond acceptors (Lipinski definition) is 6. The second-order valence-electron chi connectivity index (χ2n) is 7.10. The van der Waals surface area contributed by atoms with Gasteiger partial charge in [0.25, 0.3) is 11.6 Å². The lowest BCUT2D eigenvalue weighted by Crippen LogP contribution is -2.25. The van der Waals surface area contributed by atoms with Gasteiger partial charge < -0.3 is 10.1 Å². The molecule has 0 saturated heterocycles. The lowest BCUT2D eigenvalue weighted by atomic mass is 10.1. The molecule has 0 aromatic heterocycles. The molecule has 4 rings (SSSR count). The van der Waals surface area contributed by atoms with Crippen molar-refractivity contribution in [3.63, 3.8) is 0 Å². The molecule has 3 aromatic carbocycles. The lowest BCUT2D eigenvalue weighted by molar-refractivity contribution is -0.385. The number of halogens is 1. The van der Waals surface area contributed by atoms with E-state index in [0.29, 0.717) is 27.4 Å². The Labute approximate surface area is 193 Å². The number of para-hydroxylation sites is 1. The van der Waals surface area contributed by atoms with Crippen molar-refractivity contribution in [3.8, 4) is 0 Å². The Hall–Kier alpha value is -4.24. The van der Waals surface area contributed by atoms with E-state index in [4.69, 9.17) is 16.3 Å². The fraction of sp³-hybridized carbons (Fsp3) is 0.0870. The number of hydrazone groups is 1. The molecule has 1 atom stereocenters. The minimum Gasteiger partial charge on any atom is -0.446 e. The largest absolute Gasteiger partial charge is 0.446 e. The van der Waals surface area contributed by atoms with E-state index in [1.165, 1.54) is 25.1 Å². The predicted molar refractivity (Wildman–Crippen MR) is 122 cm³/mol. The molecular weight excluding hydrogens is 448 g/mol. The molecule has 10 heteroatoms. The van der Waals surface area contributed by atoms with Crippen molar-refractivity contribution in [2.45, 2.75) is 13.2 Å². The van der Waals surface area contributed by atoms with Gasteiger partial charge in [-0.25, -0.2) is 0 Å². The molecule has 0 radical (unpaired) electrons. The summed E-state index contributed by atoms with van der Waals surface area (Å²) < 4.78 is 5.95. The zero-order valence-electron chi connectivity index (χ0n) is 17.3. The summed E-state index contributed by atoms with van der Waals surface area (Å²) in [5.74, 6) is -0.686. The zero-order chi connectivity index (χ0) is 23.5. The first-order chi connectivity index (χ1) is 15.8. The van der Waals surface area contributed by atoms with Crippen molar-refractivity contribution in [2.75, 3.05) is 5.32 Å². The first-order valence-electron chi connectivity index (χ1n) is 9.79. The number of anilines is 1. The Morgan fingerprint density at radius 1 is 1.09 bits per heavy atom. The maximum Gasteiger partial charge on any atom is 0.269 e. The number of benzene rings is 3. The molecule has 3 aromatic rings. The molecule has 0 unspecified atom stereocenters. The lowest BCUT2D eigenvalue weighted by Gasteiger charge is -2.19. The third-order valence-electron chi connectivity index (χ3n) is 4.84. The molecule has 0 saturated carbocycles. The number of nitrogens with one attached hydrogen (secondary N) is 1. The Kier molecular flexibility index (Phi) is 6.05. The molecule has 2 amide bonds. The number of amides is 2. The van der Waals surface area contributed by atoms with Crippen molar-refractivity contribution < 1.29 is 19.2 Å². The van der Waals surface area contributed by atoms with Crippen LogP contribution in [0.4, 0.5) is 11.4 Å². The summed E-state index contributed by atoms with van der Waals surface area (Å²) in [4.78, 5) is 35.5. The smallest absolute Gasteiger partial charge is 0.269 e. The summed E-state index contributed by atoms with van der Waals surface area (Å²) in [5.41, 5.74) is 1.52. The highest BCUT2D eigenvalue weighted by molar-refractivity contribution is 6.30. The number of rotatable bonds is 5. The van der Waals surface area contributed by atoms with Gasteiger partial charge in [-0.15, -0.1) is 5.10 Å². The van der Waals surface area contributed by atoms with Crippen LogP contribution < -0.4 is 5.32 Å². The topological polar surface area (TPSA) is 114 Å². The first kappa shape index (κ1) is 22.0. The van der Waals surface area contributed by atoms with Gasteiger partial charge in [0.1, 0.15) is 0 Å². The molecule has 166 valence electrons. The van der Waals surface area contributed by atoms with E-state index in [0.717, 1.165) is 5.01 Å². The second-order valence-corrected chi connectivity index (χ2v) is 7.53. The highest BCUT2D eigenvalue weighted by Crippen LogP contribution is 2.33. The zero-order valence-corrected chi connectivity index (χ0v) is 18.0. The van der Waals surface area contributed by atoms with Crippen LogP contribution in [-0.4, -0.2) is 27.6 Å². The normalized spacial score (nSPS) is 14.9. The van der Waals surface area contributed by atoms with Gasteiger partial charge >= 0.3 is 0 Å². The molecule has 9 nitrogen and oxygen atoms in total. The van der Waals surface area contributed by atoms with Gasteiger partial charge in [0.2, 0.25) is 18.0 Å². The van der Waals surface area contributed by atoms with Crippen LogP contribution in [0.25, 0.3) is 0 Å². The molecule has 0 spiro atoms. The standard InChI is InChI=1S/C23H17ClN4O5/c1-14(29)27-23(16-5-4-6-18(13-16)28(31)32)33-22(26-27)19-7-2-3-8-20(19)25-21(30)15-9-11-17(24)12-10-15/h2-13,23H,1H3,(H,25,30)/t23-/m0/s1. The number of hydrogen-bond donors (Lipinski definition) is 1. The fourth-order valence-corrected chi connectivity index (χ4v) is 3.38. The molecule has 0 bridgehead atoms. The molecule has 1 N–H and O–H groups in total. The quantitative estimate of drug-likeness (QED) is 0.432. The molecule has 1 aliphatic rings. The third kappa shape index (κ3) is 4.68. The van der Waals surface area contributed by atoms with Crippen molar-refractivity contribution in [1.29, 1.82) is 0 Å². The molecular formula is C23H17ClN4O5. The first-order valence-corrected chi connectivity index (χ1v) is 10.2. The number of non-ortho nitro benzene ring substituents is 1. The van der Waals surface area contributed by atoms with Crippen molar-refractivity contribution in [2.24, 2.45) is 5.10 Å². The summed E-state index contributed by atoms with van der Waals surface area (Å²) >= 11 is 5.88. The van der Waals surface area contributed by atoms with E-state index in [1.807, 2.05) is 0 Å². The molecule has 0 fully saturated rings. The average Bonchev–Trinajstić information content (AvgIpc) is 3.26. The van der Waals surface area contributed by atoms with Crippen LogP contribution in [-0.2, 0) is 9.53 Å². The third-order valence-corrected chi connectivity index (χ3v) is 5.10. The highest BCUT2D eigenvalue weighted by atomic mass is 35.5. The van der Waals surface area contributed by atoms with Crippen LogP contribution in [0.15, 0.2) is 77.9 Å². The summed E-state index contributed by atoms with van der Waals surface area (Å²) in [6.07, 6.45) is -0.988. The van der Waals surface area contributed by atoms with Crippen LogP contribution in [0, 0.1) is 10.1 Å². The van der Waals surface area contributed by atoms with Crippen LogP contribution in [0.1, 0.15) is 34.6 Å². The summed E-state index contributed by atoms with van der Waals surface area (Å²) in [6.45, 7) is 1.31. The van der Waals surface area contributed by atoms with Gasteiger partial charge in [0, 0.05) is 35.2 Å². The van der Waals surface area contributed by atoms with E-state index in [9.17, 15) is 19.7 Å². The second kappa shape index (κ2) is 9.09. The number of carbonyl (C=O) groups is 2. The SMILES string of the molecule is CC(=O)N1N=C(c2ccccc2NC(=O)c2ccc(Cl)cc2)O[C@H]1c1cccc([N+](=O)[O-])c1. The maximum atomic E-state index is 12.7. The predicted octanol–water partition coefficient (Wildman–Crippen LogP) is 4.74. The highest BCUT2D eigenvalue weighted by Gasteiger charge is 2.34. The van der Waals surface area contributed by atoms with Crippen molar-refractivity contribution in [3.05, 3.63) is 105 Å². The van der Waals surface area contributed by atoms with Gasteiger partial charge in [-0.1, -0.05) is 35.9 Å². The fourth-order valence-electron chi connectivity index (χ4n) is 3.26. The average molecular weight is 465 g/mol. The number of nitro benzene ring substituents is 1. The molecule has 1 heterocycles. The van der Waals surface area contributed by atoms with E-state index in [-0.39, 0.29) is 17.5 Å². The summed E-state index contributed by atoms with van der Waals surface area (Å²) in [7, 11) is 0. The van der Waals surface area contributed by atoms with E-state index >= 15 is 0 Å². The minimum absolute atomic E-state index is 0.0914. The molecule has 33 heavy (non-hydrogen) atoms. The van der Waals surface area contributed by atoms with Crippen LogP contribution >= 0.6 is 11.6 Å². The Balaban J connectivity index is 1.64. The number of nitro groups is 1. The van der Waals surface area contributed by atoms with Crippen molar-refractivity contribution in [1.82, 2.24) is 5.01 Å². The van der Waals surface area contributed by atoms with Gasteiger partial charge in [-0.2, -0.15) is 5.01 Å². The van der Waals surface area contributed by atoms with Gasteiger partial charge in [0.05, 0.1) is 16.2 Å². The number of carbonyl (C=O) groups excluding carboxylic acids is 2. The van der Waals surface area contributed by atoms with Crippen molar-refractivity contribution >= 4 is 40.7 Å². The van der Waals surface area contributed by atoms with Crippen LogP contribution in [0.2, 0.25) is 5.02 Å². The monoisotopic (exact) mass is 464 g/mol. The maximum absolute atomic E-state index is 12.7. The molecule has 1 aliphatic heterocycles. The Morgan fingerprint density at radius 2 is 1.82 bits per heavy atom. The van der Waals surface area contributed by atoms with Gasteiger partial charge in [-0.3, -0.25) is 19.7 Å². The number of ether oxygens (including phenoxy) is 1. The summed E-state index contributed by atoms with van der Waals surface area (Å²) in [6, 6.07) is 19.0. The van der Waals surface area contributed by atoms with Crippen LogP contribution in [0.5, 0.6) is 0 Å². The van der Waals surface area contributed by atoms with E-state index in [1.54, 1.807) is 54.6 Å². The molecule has 0 aliphatic carbocycles. The van der Waals surface area contributed by atoms with E-state index in [2.05, 4.69) is 10.4 Å². The minimum atomic E-state index is -0.988. The Morgan fingerprint density at radius 3 is 2.52 bits per heavy atom. The Bertz CT molecular complexity index is 1280.